The molecule has 1 rings (SSSR count). The Morgan fingerprint density at radius 2 is 2.42 bits per heavy atom. The van der Waals surface area contributed by atoms with E-state index in [2.05, 4.69) is 18.8 Å². The predicted molar refractivity (Wildman–Crippen MR) is 51.3 cm³/mol. The van der Waals surface area contributed by atoms with Crippen LogP contribution in [0.2, 0.25) is 0 Å². The van der Waals surface area contributed by atoms with E-state index in [0.717, 1.165) is 19.0 Å². The predicted octanol–water partition coefficient (Wildman–Crippen LogP) is 1.72. The number of hydrogen-bond acceptors (Lipinski definition) is 2. The van der Waals surface area contributed by atoms with E-state index in [0.29, 0.717) is 12.7 Å². The van der Waals surface area contributed by atoms with Gasteiger partial charge in [-0.25, -0.2) is 0 Å². The smallest absolute Gasteiger partial charge is 0.0648 e. The molecule has 12 heavy (non-hydrogen) atoms. The van der Waals surface area contributed by atoms with Gasteiger partial charge in [-0.1, -0.05) is 6.08 Å². The van der Waals surface area contributed by atoms with E-state index < -0.39 is 0 Å². The Hall–Kier alpha value is -0.340. The first-order valence-corrected chi connectivity index (χ1v) is 4.79. The fraction of sp³-hybridized carbons (Fsp3) is 0.800. The first-order chi connectivity index (χ1) is 5.83. The van der Waals surface area contributed by atoms with Crippen LogP contribution in [-0.2, 0) is 4.74 Å². The van der Waals surface area contributed by atoms with Crippen LogP contribution in [0, 0.1) is 0 Å². The van der Waals surface area contributed by atoms with E-state index in [9.17, 15) is 0 Å². The molecule has 0 spiro atoms. The second-order valence-corrected chi connectivity index (χ2v) is 3.45. The third-order valence-electron chi connectivity index (χ3n) is 2.06. The monoisotopic (exact) mass is 169 g/mol. The highest BCUT2D eigenvalue weighted by molar-refractivity contribution is 4.80. The summed E-state index contributed by atoms with van der Waals surface area (Å²) in [5.74, 6) is 0. The van der Waals surface area contributed by atoms with Gasteiger partial charge in [0, 0.05) is 6.04 Å². The molecule has 0 radical (unpaired) electrons. The summed E-state index contributed by atoms with van der Waals surface area (Å²) >= 11 is 0. The van der Waals surface area contributed by atoms with Crippen LogP contribution in [0.3, 0.4) is 0 Å². The minimum absolute atomic E-state index is 0.356. The quantitative estimate of drug-likeness (QED) is 0.586. The molecule has 0 amide bonds. The third kappa shape index (κ3) is 4.52. The van der Waals surface area contributed by atoms with Crippen LogP contribution in [0.15, 0.2) is 12.7 Å². The van der Waals surface area contributed by atoms with E-state index in [4.69, 9.17) is 4.74 Å². The third-order valence-corrected chi connectivity index (χ3v) is 2.06. The average molecular weight is 169 g/mol. The topological polar surface area (TPSA) is 21.3 Å². The van der Waals surface area contributed by atoms with Gasteiger partial charge in [0.25, 0.3) is 0 Å². The maximum atomic E-state index is 5.44. The highest BCUT2D eigenvalue weighted by Gasteiger charge is 2.19. The Morgan fingerprint density at radius 1 is 1.67 bits per heavy atom. The van der Waals surface area contributed by atoms with Crippen molar-refractivity contribution in [2.45, 2.75) is 38.3 Å². The van der Waals surface area contributed by atoms with Gasteiger partial charge in [0.05, 0.1) is 12.7 Å². The maximum absolute atomic E-state index is 5.44. The molecule has 1 fully saturated rings. The van der Waals surface area contributed by atoms with Crippen LogP contribution in [0.25, 0.3) is 0 Å². The molecule has 1 aliphatic rings. The van der Waals surface area contributed by atoms with Crippen LogP contribution in [0.1, 0.15) is 26.2 Å². The van der Waals surface area contributed by atoms with Gasteiger partial charge in [0.1, 0.15) is 0 Å². The summed E-state index contributed by atoms with van der Waals surface area (Å²) < 4.78 is 5.44. The molecule has 1 aliphatic carbocycles. The van der Waals surface area contributed by atoms with Gasteiger partial charge in [0.2, 0.25) is 0 Å². The van der Waals surface area contributed by atoms with Gasteiger partial charge in [-0.3, -0.25) is 0 Å². The van der Waals surface area contributed by atoms with Crippen molar-refractivity contribution in [1.29, 1.82) is 0 Å². The molecule has 1 unspecified atom stereocenters. The molecule has 0 aromatic carbocycles. The Kier molecular flexibility index (Phi) is 4.33. The fourth-order valence-corrected chi connectivity index (χ4v) is 1.09. The molecule has 0 aromatic rings. The standard InChI is InChI=1S/C10H19NO/c1-3-8-12-9(2)6-7-11-10-4-5-10/h3,9-11H,1,4-8H2,2H3. The Morgan fingerprint density at radius 3 is 3.00 bits per heavy atom. The summed E-state index contributed by atoms with van der Waals surface area (Å²) in [5.41, 5.74) is 0. The van der Waals surface area contributed by atoms with Crippen molar-refractivity contribution in [2.24, 2.45) is 0 Å². The van der Waals surface area contributed by atoms with Gasteiger partial charge in [-0.05, 0) is 32.7 Å². The van der Waals surface area contributed by atoms with Crippen LogP contribution in [0.5, 0.6) is 0 Å². The summed E-state index contributed by atoms with van der Waals surface area (Å²) in [6.45, 7) is 7.48. The van der Waals surface area contributed by atoms with Crippen LogP contribution < -0.4 is 5.32 Å². The van der Waals surface area contributed by atoms with Crippen molar-refractivity contribution in [3.05, 3.63) is 12.7 Å². The summed E-state index contributed by atoms with van der Waals surface area (Å²) in [6, 6.07) is 0.816. The minimum Gasteiger partial charge on any atom is -0.374 e. The highest BCUT2D eigenvalue weighted by atomic mass is 16.5. The second-order valence-electron chi connectivity index (χ2n) is 3.45. The van der Waals surface area contributed by atoms with E-state index in [1.165, 1.54) is 12.8 Å². The largest absolute Gasteiger partial charge is 0.374 e. The zero-order valence-corrected chi connectivity index (χ0v) is 7.88. The number of ether oxygens (including phenoxy) is 1. The summed E-state index contributed by atoms with van der Waals surface area (Å²) in [4.78, 5) is 0. The van der Waals surface area contributed by atoms with E-state index in [1.54, 1.807) is 6.08 Å². The highest BCUT2D eigenvalue weighted by Crippen LogP contribution is 2.18. The molecule has 1 N–H and O–H groups in total. The molecular weight excluding hydrogens is 150 g/mol. The zero-order valence-electron chi connectivity index (χ0n) is 7.88. The zero-order chi connectivity index (χ0) is 8.81. The van der Waals surface area contributed by atoms with Gasteiger partial charge in [-0.15, -0.1) is 6.58 Å². The number of rotatable bonds is 7. The average Bonchev–Trinajstić information content (AvgIpc) is 2.84. The normalized spacial score (nSPS) is 19.1. The van der Waals surface area contributed by atoms with Gasteiger partial charge in [-0.2, -0.15) is 0 Å². The number of nitrogens with one attached hydrogen (secondary N) is 1. The molecule has 2 heteroatoms. The lowest BCUT2D eigenvalue weighted by molar-refractivity contribution is 0.0820. The summed E-state index contributed by atoms with van der Waals surface area (Å²) in [7, 11) is 0. The molecule has 0 bridgehead atoms. The van der Waals surface area contributed by atoms with E-state index in [-0.39, 0.29) is 0 Å². The van der Waals surface area contributed by atoms with Crippen molar-refractivity contribution >= 4 is 0 Å². The Bertz CT molecular complexity index is 132. The first kappa shape index (κ1) is 9.75. The van der Waals surface area contributed by atoms with Crippen LogP contribution >= 0.6 is 0 Å². The lowest BCUT2D eigenvalue weighted by atomic mass is 10.3. The van der Waals surface area contributed by atoms with E-state index in [1.807, 2.05) is 0 Å². The molecule has 0 aromatic heterocycles. The minimum atomic E-state index is 0.356. The van der Waals surface area contributed by atoms with Crippen LogP contribution in [-0.4, -0.2) is 25.3 Å². The molecule has 1 saturated carbocycles. The first-order valence-electron chi connectivity index (χ1n) is 4.79. The molecule has 0 aliphatic heterocycles. The molecular formula is C10H19NO. The SMILES string of the molecule is C=CCOC(C)CCNC1CC1. The Balaban J connectivity index is 1.86. The molecule has 70 valence electrons. The van der Waals surface area contributed by atoms with Crippen molar-refractivity contribution in [1.82, 2.24) is 5.32 Å². The maximum Gasteiger partial charge on any atom is 0.0648 e. The lowest BCUT2D eigenvalue weighted by Crippen LogP contribution is -2.22. The second kappa shape index (κ2) is 5.33. The molecule has 0 heterocycles. The summed E-state index contributed by atoms with van der Waals surface area (Å²) in [6.07, 6.45) is 5.98. The van der Waals surface area contributed by atoms with Crippen LogP contribution in [0.4, 0.5) is 0 Å². The van der Waals surface area contributed by atoms with Gasteiger partial charge in [0.15, 0.2) is 0 Å². The Labute approximate surface area is 75.0 Å². The fourth-order valence-electron chi connectivity index (χ4n) is 1.09. The van der Waals surface area contributed by atoms with Crippen molar-refractivity contribution in [3.8, 4) is 0 Å². The molecule has 2 nitrogen and oxygen atoms in total. The van der Waals surface area contributed by atoms with Gasteiger partial charge >= 0.3 is 0 Å². The number of hydrogen-bond donors (Lipinski definition) is 1. The van der Waals surface area contributed by atoms with Gasteiger partial charge < -0.3 is 10.1 Å². The van der Waals surface area contributed by atoms with E-state index >= 15 is 0 Å². The molecule has 1 atom stereocenters. The lowest BCUT2D eigenvalue weighted by Gasteiger charge is -2.11. The summed E-state index contributed by atoms with van der Waals surface area (Å²) in [5, 5.41) is 3.46. The van der Waals surface area contributed by atoms with Crippen molar-refractivity contribution in [2.75, 3.05) is 13.2 Å². The molecule has 0 saturated heterocycles. The van der Waals surface area contributed by atoms with Crippen molar-refractivity contribution in [3.63, 3.8) is 0 Å². The van der Waals surface area contributed by atoms with Crippen molar-refractivity contribution < 1.29 is 4.74 Å².